The highest BCUT2D eigenvalue weighted by Crippen LogP contribution is 2.27. The van der Waals surface area contributed by atoms with Gasteiger partial charge in [0.1, 0.15) is 11.5 Å². The van der Waals surface area contributed by atoms with E-state index >= 15 is 0 Å². The summed E-state index contributed by atoms with van der Waals surface area (Å²) in [7, 11) is 0. The van der Waals surface area contributed by atoms with Crippen LogP contribution in [0.25, 0.3) is 0 Å². The molecule has 2 aromatic rings. The summed E-state index contributed by atoms with van der Waals surface area (Å²) in [6.07, 6.45) is 0.853. The maximum atomic E-state index is 5.94. The minimum atomic E-state index is 0.639. The molecule has 0 aliphatic rings. The normalized spacial score (nSPS) is 10.4. The van der Waals surface area contributed by atoms with Crippen LogP contribution in [-0.2, 0) is 6.42 Å². The first-order valence-electron chi connectivity index (χ1n) is 5.92. The second kappa shape index (κ2) is 5.89. The van der Waals surface area contributed by atoms with E-state index in [9.17, 15) is 0 Å². The van der Waals surface area contributed by atoms with Crippen molar-refractivity contribution >= 4 is 11.6 Å². The minimum absolute atomic E-state index is 0.639. The van der Waals surface area contributed by atoms with Crippen LogP contribution in [0.15, 0.2) is 42.5 Å². The van der Waals surface area contributed by atoms with Crippen LogP contribution in [0.1, 0.15) is 11.1 Å². The molecular formula is C15H16ClNO. The highest BCUT2D eigenvalue weighted by Gasteiger charge is 2.03. The van der Waals surface area contributed by atoms with Gasteiger partial charge in [-0.3, -0.25) is 0 Å². The number of ether oxygens (including phenoxy) is 1. The molecule has 0 bridgehead atoms. The summed E-state index contributed by atoms with van der Waals surface area (Å²) in [4.78, 5) is 0. The van der Waals surface area contributed by atoms with Gasteiger partial charge < -0.3 is 10.5 Å². The number of rotatable bonds is 4. The van der Waals surface area contributed by atoms with Crippen LogP contribution in [0.5, 0.6) is 11.5 Å². The number of hydrogen-bond donors (Lipinski definition) is 1. The van der Waals surface area contributed by atoms with Crippen LogP contribution in [0.4, 0.5) is 0 Å². The summed E-state index contributed by atoms with van der Waals surface area (Å²) in [5, 5.41) is 0.670. The first kappa shape index (κ1) is 12.9. The van der Waals surface area contributed by atoms with Gasteiger partial charge in [-0.15, -0.1) is 0 Å². The second-order valence-electron chi connectivity index (χ2n) is 4.20. The Morgan fingerprint density at radius 2 is 2.00 bits per heavy atom. The molecule has 0 unspecified atom stereocenters. The van der Waals surface area contributed by atoms with Gasteiger partial charge >= 0.3 is 0 Å². The summed E-state index contributed by atoms with van der Waals surface area (Å²) in [6.45, 7) is 2.66. The molecule has 94 valence electrons. The molecule has 2 N–H and O–H groups in total. The Morgan fingerprint density at radius 1 is 1.17 bits per heavy atom. The van der Waals surface area contributed by atoms with Crippen molar-refractivity contribution in [1.29, 1.82) is 0 Å². The lowest BCUT2D eigenvalue weighted by atomic mass is 10.1. The van der Waals surface area contributed by atoms with E-state index in [1.807, 2.05) is 37.3 Å². The number of aryl methyl sites for hydroxylation is 1. The fourth-order valence-corrected chi connectivity index (χ4v) is 1.91. The lowest BCUT2D eigenvalue weighted by Crippen LogP contribution is -2.02. The van der Waals surface area contributed by atoms with Crippen molar-refractivity contribution in [3.8, 4) is 11.5 Å². The van der Waals surface area contributed by atoms with Gasteiger partial charge in [-0.2, -0.15) is 0 Å². The predicted octanol–water partition coefficient (Wildman–Crippen LogP) is 3.94. The van der Waals surface area contributed by atoms with Crippen LogP contribution in [0, 0.1) is 6.92 Å². The van der Waals surface area contributed by atoms with Gasteiger partial charge in [-0.25, -0.2) is 0 Å². The molecule has 0 saturated carbocycles. The Kier molecular flexibility index (Phi) is 4.24. The molecule has 0 saturated heterocycles. The quantitative estimate of drug-likeness (QED) is 0.905. The molecule has 2 aromatic carbocycles. The van der Waals surface area contributed by atoms with E-state index < -0.39 is 0 Å². The summed E-state index contributed by atoms with van der Waals surface area (Å²) in [5.41, 5.74) is 7.84. The summed E-state index contributed by atoms with van der Waals surface area (Å²) >= 11 is 5.94. The molecule has 0 atom stereocenters. The fourth-order valence-electron chi connectivity index (χ4n) is 1.73. The average Bonchev–Trinajstić information content (AvgIpc) is 2.34. The maximum absolute atomic E-state index is 5.94. The van der Waals surface area contributed by atoms with Crippen molar-refractivity contribution in [3.63, 3.8) is 0 Å². The van der Waals surface area contributed by atoms with E-state index in [0.717, 1.165) is 23.5 Å². The standard InChI is InChI=1S/C15H16ClNO/c1-11-5-6-12(7-8-17)9-15(11)18-14-4-2-3-13(16)10-14/h2-6,9-10H,7-8,17H2,1H3. The number of halogens is 1. The van der Waals surface area contributed by atoms with Gasteiger partial charge in [0.05, 0.1) is 0 Å². The first-order chi connectivity index (χ1) is 8.69. The molecule has 0 fully saturated rings. The molecule has 3 heteroatoms. The van der Waals surface area contributed by atoms with Crippen LogP contribution >= 0.6 is 11.6 Å². The van der Waals surface area contributed by atoms with Gasteiger partial charge in [-0.1, -0.05) is 29.8 Å². The molecule has 18 heavy (non-hydrogen) atoms. The highest BCUT2D eigenvalue weighted by molar-refractivity contribution is 6.30. The average molecular weight is 262 g/mol. The molecule has 0 heterocycles. The third-order valence-corrected chi connectivity index (χ3v) is 2.94. The van der Waals surface area contributed by atoms with Gasteiger partial charge in [0.2, 0.25) is 0 Å². The number of hydrogen-bond acceptors (Lipinski definition) is 2. The molecule has 0 amide bonds. The maximum Gasteiger partial charge on any atom is 0.130 e. The van der Waals surface area contributed by atoms with E-state index in [4.69, 9.17) is 22.1 Å². The van der Waals surface area contributed by atoms with Crippen LogP contribution < -0.4 is 10.5 Å². The Labute approximate surface area is 112 Å². The third kappa shape index (κ3) is 3.25. The second-order valence-corrected chi connectivity index (χ2v) is 4.63. The lowest BCUT2D eigenvalue weighted by Gasteiger charge is -2.10. The molecule has 2 rings (SSSR count). The first-order valence-corrected chi connectivity index (χ1v) is 6.30. The third-order valence-electron chi connectivity index (χ3n) is 2.71. The molecule has 0 radical (unpaired) electrons. The van der Waals surface area contributed by atoms with Crippen molar-refractivity contribution < 1.29 is 4.74 Å². The zero-order valence-corrected chi connectivity index (χ0v) is 11.1. The molecular weight excluding hydrogens is 246 g/mol. The summed E-state index contributed by atoms with van der Waals surface area (Å²) < 4.78 is 5.85. The Morgan fingerprint density at radius 3 is 2.72 bits per heavy atom. The van der Waals surface area contributed by atoms with E-state index in [1.54, 1.807) is 6.07 Å². The largest absolute Gasteiger partial charge is 0.457 e. The zero-order chi connectivity index (χ0) is 13.0. The van der Waals surface area contributed by atoms with Crippen molar-refractivity contribution in [2.75, 3.05) is 6.54 Å². The van der Waals surface area contributed by atoms with Crippen molar-refractivity contribution in [1.82, 2.24) is 0 Å². The zero-order valence-electron chi connectivity index (χ0n) is 10.3. The van der Waals surface area contributed by atoms with Crippen molar-refractivity contribution in [2.45, 2.75) is 13.3 Å². The van der Waals surface area contributed by atoms with E-state index in [2.05, 4.69) is 6.07 Å². The monoisotopic (exact) mass is 261 g/mol. The Bertz CT molecular complexity index is 540. The van der Waals surface area contributed by atoms with E-state index in [-0.39, 0.29) is 0 Å². The minimum Gasteiger partial charge on any atom is -0.457 e. The molecule has 0 aliphatic heterocycles. The van der Waals surface area contributed by atoms with Gasteiger partial charge in [0, 0.05) is 5.02 Å². The Hall–Kier alpha value is -1.51. The number of nitrogens with two attached hydrogens (primary N) is 1. The molecule has 0 aromatic heterocycles. The highest BCUT2D eigenvalue weighted by atomic mass is 35.5. The molecule has 0 spiro atoms. The van der Waals surface area contributed by atoms with Gasteiger partial charge in [0.25, 0.3) is 0 Å². The van der Waals surface area contributed by atoms with Crippen LogP contribution in [0.3, 0.4) is 0 Å². The fraction of sp³-hybridized carbons (Fsp3) is 0.200. The van der Waals surface area contributed by atoms with E-state index in [0.29, 0.717) is 11.6 Å². The van der Waals surface area contributed by atoms with Gasteiger partial charge in [-0.05, 0) is 55.3 Å². The van der Waals surface area contributed by atoms with Gasteiger partial charge in [0.15, 0.2) is 0 Å². The summed E-state index contributed by atoms with van der Waals surface area (Å²) in [5.74, 6) is 1.60. The molecule has 0 aliphatic carbocycles. The van der Waals surface area contributed by atoms with Crippen LogP contribution in [0.2, 0.25) is 5.02 Å². The van der Waals surface area contributed by atoms with Crippen LogP contribution in [-0.4, -0.2) is 6.54 Å². The summed E-state index contributed by atoms with van der Waals surface area (Å²) in [6, 6.07) is 13.5. The number of benzene rings is 2. The Balaban J connectivity index is 2.25. The topological polar surface area (TPSA) is 35.2 Å². The predicted molar refractivity (Wildman–Crippen MR) is 75.5 cm³/mol. The molecule has 2 nitrogen and oxygen atoms in total. The lowest BCUT2D eigenvalue weighted by molar-refractivity contribution is 0.478. The van der Waals surface area contributed by atoms with E-state index in [1.165, 1.54) is 5.56 Å². The van der Waals surface area contributed by atoms with Crippen molar-refractivity contribution in [2.24, 2.45) is 5.73 Å². The van der Waals surface area contributed by atoms with Crippen molar-refractivity contribution in [3.05, 3.63) is 58.6 Å². The smallest absolute Gasteiger partial charge is 0.130 e. The SMILES string of the molecule is Cc1ccc(CCN)cc1Oc1cccc(Cl)c1.